The van der Waals surface area contributed by atoms with Crippen molar-refractivity contribution in [3.8, 4) is 11.5 Å². The van der Waals surface area contributed by atoms with Gasteiger partial charge in [0.25, 0.3) is 0 Å². The molecule has 0 bridgehead atoms. The highest BCUT2D eigenvalue weighted by Crippen LogP contribution is 2.33. The van der Waals surface area contributed by atoms with Crippen LogP contribution in [0.3, 0.4) is 0 Å². The Hall–Kier alpha value is -3.25. The van der Waals surface area contributed by atoms with Crippen LogP contribution in [0.1, 0.15) is 23.2 Å². The van der Waals surface area contributed by atoms with Crippen molar-refractivity contribution in [3.05, 3.63) is 58.3 Å². The fourth-order valence-corrected chi connectivity index (χ4v) is 3.84. The molecule has 134 valence electrons. The van der Waals surface area contributed by atoms with Crippen LogP contribution >= 0.6 is 0 Å². The Kier molecular flexibility index (Phi) is 3.48. The first-order valence-electron chi connectivity index (χ1n) is 8.95. The molecule has 1 atom stereocenters. The lowest BCUT2D eigenvalue weighted by Crippen LogP contribution is -2.31. The molecule has 3 aliphatic rings. The number of ketones is 1. The largest absolute Gasteiger partial charge is 0.453 e. The highest BCUT2D eigenvalue weighted by Gasteiger charge is 2.27. The van der Waals surface area contributed by atoms with Gasteiger partial charge in [0.2, 0.25) is 0 Å². The summed E-state index contributed by atoms with van der Waals surface area (Å²) in [6.07, 6.45) is 1.76. The summed E-state index contributed by atoms with van der Waals surface area (Å²) in [7, 11) is 0. The number of Topliss-reactive ketones (excluding diaryl/α,β-unsaturated/α-hetero) is 1. The quantitative estimate of drug-likeness (QED) is 0.247. The van der Waals surface area contributed by atoms with Gasteiger partial charge in [0, 0.05) is 34.2 Å². The van der Waals surface area contributed by atoms with Crippen LogP contribution in [0.2, 0.25) is 0 Å². The molecule has 2 aromatic carbocycles. The number of nitrogens with one attached hydrogen (secondary N) is 1. The number of fused-ring (bicyclic) bond motifs is 4. The molecule has 5 rings (SSSR count). The number of hydrogen-bond donors (Lipinski definition) is 2. The van der Waals surface area contributed by atoms with Crippen LogP contribution in [0.15, 0.2) is 51.7 Å². The molecule has 0 radical (unpaired) electrons. The van der Waals surface area contributed by atoms with Gasteiger partial charge < -0.3 is 15.5 Å². The molecule has 2 heterocycles. The monoisotopic (exact) mass is 359 g/mol. The summed E-state index contributed by atoms with van der Waals surface area (Å²) in [5, 5.41) is 4.27. The van der Waals surface area contributed by atoms with Crippen LogP contribution < -0.4 is 16.5 Å². The van der Waals surface area contributed by atoms with Gasteiger partial charge in [-0.1, -0.05) is 18.2 Å². The molecule has 2 aromatic rings. The fraction of sp³-hybridized carbons (Fsp3) is 0.190. The summed E-state index contributed by atoms with van der Waals surface area (Å²) in [5.41, 5.74) is 8.33. The van der Waals surface area contributed by atoms with Gasteiger partial charge >= 0.3 is 0 Å². The lowest BCUT2D eigenvalue weighted by Gasteiger charge is -2.15. The maximum Gasteiger partial charge on any atom is 0.190 e. The van der Waals surface area contributed by atoms with Crippen molar-refractivity contribution in [2.45, 2.75) is 18.9 Å². The van der Waals surface area contributed by atoms with Gasteiger partial charge in [-0.3, -0.25) is 9.59 Å². The first kappa shape index (κ1) is 16.0. The van der Waals surface area contributed by atoms with Gasteiger partial charge in [-0.15, -0.1) is 0 Å². The Morgan fingerprint density at radius 3 is 2.93 bits per heavy atom. The van der Waals surface area contributed by atoms with E-state index in [0.29, 0.717) is 44.6 Å². The topological polar surface area (TPSA) is 98.2 Å². The van der Waals surface area contributed by atoms with E-state index in [-0.39, 0.29) is 17.3 Å². The molecule has 1 aliphatic carbocycles. The summed E-state index contributed by atoms with van der Waals surface area (Å²) in [6.45, 7) is 0.828. The minimum atomic E-state index is -0.224. The molecule has 3 N–H and O–H groups in total. The zero-order chi connectivity index (χ0) is 18.5. The zero-order valence-electron chi connectivity index (χ0n) is 14.5. The molecule has 0 amide bonds. The summed E-state index contributed by atoms with van der Waals surface area (Å²) in [6, 6.07) is 11.6. The summed E-state index contributed by atoms with van der Waals surface area (Å²) < 4.78 is 5.91. The van der Waals surface area contributed by atoms with E-state index in [2.05, 4.69) is 5.32 Å². The number of nitrogens with two attached hydrogens (primary N) is 1. The number of nitrogens with zero attached hydrogens (tertiary/aromatic N) is 1. The van der Waals surface area contributed by atoms with Gasteiger partial charge in [-0.2, -0.15) is 0 Å². The van der Waals surface area contributed by atoms with Crippen molar-refractivity contribution in [2.75, 3.05) is 12.3 Å². The minimum absolute atomic E-state index is 0.01000. The second-order valence-corrected chi connectivity index (χ2v) is 6.90. The highest BCUT2D eigenvalue weighted by atomic mass is 16.3. The maximum atomic E-state index is 13.1. The molecule has 0 aromatic heterocycles. The number of aromatic nitrogens is 1. The number of anilines is 1. The smallest absolute Gasteiger partial charge is 0.190 e. The van der Waals surface area contributed by atoms with Gasteiger partial charge in [0.1, 0.15) is 11.2 Å². The number of carbonyl (C=O) groups is 1. The highest BCUT2D eigenvalue weighted by molar-refractivity contribution is 6.14. The van der Waals surface area contributed by atoms with Gasteiger partial charge in [0.05, 0.1) is 6.04 Å². The number of nitrogen functional groups attached to an aromatic ring is 1. The lowest BCUT2D eigenvalue weighted by molar-refractivity contribution is 0.0954. The maximum absolute atomic E-state index is 13.1. The van der Waals surface area contributed by atoms with Crippen molar-refractivity contribution >= 4 is 33.3 Å². The van der Waals surface area contributed by atoms with Crippen LogP contribution in [0.5, 0.6) is 0 Å². The van der Waals surface area contributed by atoms with Gasteiger partial charge in [-0.25, -0.2) is 4.98 Å². The average Bonchev–Trinajstić information content (AvgIpc) is 3.20. The van der Waals surface area contributed by atoms with Crippen LogP contribution in [-0.2, 0) is 0 Å². The molecule has 6 heteroatoms. The molecule has 0 saturated carbocycles. The number of hydrogen-bond acceptors (Lipinski definition) is 6. The predicted molar refractivity (Wildman–Crippen MR) is 104 cm³/mol. The Morgan fingerprint density at radius 1 is 1.22 bits per heavy atom. The van der Waals surface area contributed by atoms with Crippen LogP contribution in [0, 0.1) is 0 Å². The molecular weight excluding hydrogens is 342 g/mol. The SMILES string of the molecule is Nc1ccc2nc3c4c(C(=O)[C@@H]5CCCN5)cccc4c(=O)cc-3oc2c1. The van der Waals surface area contributed by atoms with Crippen molar-refractivity contribution in [3.63, 3.8) is 0 Å². The molecule has 0 unspecified atom stereocenters. The van der Waals surface area contributed by atoms with Gasteiger partial charge in [-0.05, 0) is 31.5 Å². The number of carbonyl (C=O) groups excluding carboxylic acids is 1. The predicted octanol–water partition coefficient (Wildman–Crippen LogP) is 2.96. The molecule has 1 fully saturated rings. The minimum Gasteiger partial charge on any atom is -0.453 e. The van der Waals surface area contributed by atoms with Crippen LogP contribution in [-0.4, -0.2) is 23.4 Å². The average molecular weight is 359 g/mol. The Morgan fingerprint density at radius 2 is 2.11 bits per heavy atom. The van der Waals surface area contributed by atoms with E-state index in [1.807, 2.05) is 0 Å². The van der Waals surface area contributed by atoms with Crippen LogP contribution in [0.4, 0.5) is 5.69 Å². The van der Waals surface area contributed by atoms with E-state index in [4.69, 9.17) is 15.1 Å². The zero-order valence-corrected chi connectivity index (χ0v) is 14.5. The molecule has 6 nitrogen and oxygen atoms in total. The normalized spacial score (nSPS) is 17.1. The number of rotatable bonds is 2. The van der Waals surface area contributed by atoms with E-state index < -0.39 is 0 Å². The molecule has 1 saturated heterocycles. The fourth-order valence-electron chi connectivity index (χ4n) is 3.84. The second-order valence-electron chi connectivity index (χ2n) is 6.90. The lowest BCUT2D eigenvalue weighted by atomic mass is 9.94. The third-order valence-corrected chi connectivity index (χ3v) is 5.14. The second kappa shape index (κ2) is 5.89. The van der Waals surface area contributed by atoms with E-state index in [0.717, 1.165) is 19.4 Å². The summed E-state index contributed by atoms with van der Waals surface area (Å²) in [4.78, 5) is 30.4. The van der Waals surface area contributed by atoms with Crippen molar-refractivity contribution in [2.24, 2.45) is 0 Å². The summed E-state index contributed by atoms with van der Waals surface area (Å²) >= 11 is 0. The van der Waals surface area contributed by atoms with E-state index in [1.54, 1.807) is 36.4 Å². The van der Waals surface area contributed by atoms with E-state index in [9.17, 15) is 9.59 Å². The van der Waals surface area contributed by atoms with Crippen molar-refractivity contribution in [1.82, 2.24) is 10.3 Å². The molecule has 0 spiro atoms. The number of benzene rings is 3. The molecular formula is C21H17N3O3. The summed E-state index contributed by atoms with van der Waals surface area (Å²) in [5.74, 6) is 0.342. The molecule has 2 aliphatic heterocycles. The van der Waals surface area contributed by atoms with Crippen molar-refractivity contribution < 1.29 is 9.21 Å². The van der Waals surface area contributed by atoms with E-state index in [1.165, 1.54) is 6.07 Å². The third kappa shape index (κ3) is 2.49. The Bertz CT molecular complexity index is 1240. The first-order chi connectivity index (χ1) is 13.1. The first-order valence-corrected chi connectivity index (χ1v) is 8.95. The van der Waals surface area contributed by atoms with Crippen molar-refractivity contribution in [1.29, 1.82) is 0 Å². The third-order valence-electron chi connectivity index (χ3n) is 5.14. The Balaban J connectivity index is 1.86. The Labute approximate surface area is 154 Å². The molecule has 27 heavy (non-hydrogen) atoms. The van der Waals surface area contributed by atoms with E-state index >= 15 is 0 Å². The van der Waals surface area contributed by atoms with Gasteiger partial charge in [0.15, 0.2) is 22.6 Å². The van der Waals surface area contributed by atoms with Crippen LogP contribution in [0.25, 0.3) is 33.3 Å². The standard InChI is InChI=1S/C21H17N3O3/c22-11-6-7-14-17(9-11)27-18-10-16(25)12-3-1-4-13(19(12)20(18)24-14)21(26)15-5-2-8-23-15/h1,3-4,6-7,9-10,15,23H,2,5,8,22H2/t15-/m0/s1.